The van der Waals surface area contributed by atoms with Gasteiger partial charge in [0.05, 0.1) is 30.1 Å². The van der Waals surface area contributed by atoms with Gasteiger partial charge in [0.1, 0.15) is 5.60 Å². The molecule has 1 atom stereocenters. The second-order valence-electron chi connectivity index (χ2n) is 8.02. The van der Waals surface area contributed by atoms with Crippen LogP contribution in [0.5, 0.6) is 5.88 Å². The van der Waals surface area contributed by atoms with Gasteiger partial charge in [0, 0.05) is 24.7 Å². The maximum Gasteiger partial charge on any atom is 0.416 e. The molecule has 0 radical (unpaired) electrons. The van der Waals surface area contributed by atoms with Gasteiger partial charge < -0.3 is 19.7 Å². The lowest BCUT2D eigenvalue weighted by Crippen LogP contribution is -2.48. The molecule has 1 aliphatic heterocycles. The predicted molar refractivity (Wildman–Crippen MR) is 106 cm³/mol. The van der Waals surface area contributed by atoms with E-state index in [1.165, 1.54) is 19.2 Å². The maximum absolute atomic E-state index is 12.9. The number of fused-ring (bicyclic) bond motifs is 1. The van der Waals surface area contributed by atoms with Crippen LogP contribution in [0.2, 0.25) is 0 Å². The van der Waals surface area contributed by atoms with Gasteiger partial charge in [-0.15, -0.1) is 0 Å². The molecule has 1 aromatic heterocycles. The number of rotatable bonds is 3. The first-order valence-electron chi connectivity index (χ1n) is 9.44. The number of carbonyl (C=O) groups is 1. The Balaban J connectivity index is 1.90. The molecule has 1 N–H and O–H groups in total. The van der Waals surface area contributed by atoms with Gasteiger partial charge in [-0.2, -0.15) is 13.2 Å². The van der Waals surface area contributed by atoms with E-state index in [0.717, 1.165) is 17.8 Å². The number of aromatic nitrogens is 1. The normalized spacial score (nSPS) is 16.6. The van der Waals surface area contributed by atoms with Crippen LogP contribution in [-0.2, 0) is 17.3 Å². The Hall–Kier alpha value is -2.97. The Labute approximate surface area is 173 Å². The second kappa shape index (κ2) is 8.04. The van der Waals surface area contributed by atoms with Crippen molar-refractivity contribution < 1.29 is 27.4 Å². The van der Waals surface area contributed by atoms with Crippen molar-refractivity contribution in [2.45, 2.75) is 45.0 Å². The lowest BCUT2D eigenvalue weighted by molar-refractivity contribution is -0.137. The monoisotopic (exact) mass is 423 g/mol. The quantitative estimate of drug-likeness (QED) is 0.776. The summed E-state index contributed by atoms with van der Waals surface area (Å²) < 4.78 is 49.3. The summed E-state index contributed by atoms with van der Waals surface area (Å²) in [6, 6.07) is 8.04. The number of alkyl halides is 3. The summed E-state index contributed by atoms with van der Waals surface area (Å²) in [7, 11) is 1.50. The van der Waals surface area contributed by atoms with Crippen LogP contribution in [0.3, 0.4) is 0 Å². The standard InChI is InChI=1S/C21H24F3N3O3/c1-20(2,3)30-19(28)25-14-11-16-17(9-10-18(26-16)29-4)27(12-14)15-7-5-13(6-8-15)21(22,23)24/h5-10,14H,11-12H2,1-4H3,(H,25,28). The van der Waals surface area contributed by atoms with Gasteiger partial charge in [0.2, 0.25) is 5.88 Å². The summed E-state index contributed by atoms with van der Waals surface area (Å²) in [4.78, 5) is 18.5. The molecule has 9 heteroatoms. The Morgan fingerprint density at radius 2 is 1.80 bits per heavy atom. The summed E-state index contributed by atoms with van der Waals surface area (Å²) in [5.74, 6) is 0.416. The van der Waals surface area contributed by atoms with Gasteiger partial charge in [0.25, 0.3) is 0 Å². The smallest absolute Gasteiger partial charge is 0.416 e. The Bertz CT molecular complexity index is 908. The molecular formula is C21H24F3N3O3. The summed E-state index contributed by atoms with van der Waals surface area (Å²) in [5, 5.41) is 2.83. The number of nitrogens with zero attached hydrogens (tertiary/aromatic N) is 2. The summed E-state index contributed by atoms with van der Waals surface area (Å²) in [6.45, 7) is 5.66. The van der Waals surface area contributed by atoms with Crippen LogP contribution in [0.4, 0.5) is 29.3 Å². The number of methoxy groups -OCH3 is 1. The van der Waals surface area contributed by atoms with E-state index >= 15 is 0 Å². The van der Waals surface area contributed by atoms with Gasteiger partial charge in [0.15, 0.2) is 0 Å². The highest BCUT2D eigenvalue weighted by atomic mass is 19.4. The van der Waals surface area contributed by atoms with Crippen LogP contribution < -0.4 is 15.0 Å². The third-order valence-electron chi connectivity index (χ3n) is 4.49. The highest BCUT2D eigenvalue weighted by molar-refractivity contribution is 5.71. The number of nitrogens with one attached hydrogen (secondary N) is 1. The first-order chi connectivity index (χ1) is 14.0. The molecule has 0 saturated carbocycles. The number of pyridine rings is 1. The molecule has 2 heterocycles. The van der Waals surface area contributed by atoms with Gasteiger partial charge in [-0.3, -0.25) is 0 Å². The second-order valence-corrected chi connectivity index (χ2v) is 8.02. The number of alkyl carbamates (subject to hydrolysis) is 1. The molecule has 1 aliphatic rings. The van der Waals surface area contributed by atoms with Crippen molar-refractivity contribution in [3.05, 3.63) is 47.7 Å². The van der Waals surface area contributed by atoms with Crippen molar-refractivity contribution in [3.8, 4) is 5.88 Å². The Morgan fingerprint density at radius 3 is 2.37 bits per heavy atom. The molecular weight excluding hydrogens is 399 g/mol. The molecule has 1 unspecified atom stereocenters. The van der Waals surface area contributed by atoms with E-state index in [0.29, 0.717) is 30.2 Å². The largest absolute Gasteiger partial charge is 0.481 e. The molecule has 162 valence electrons. The summed E-state index contributed by atoms with van der Waals surface area (Å²) >= 11 is 0. The molecule has 1 amide bonds. The van der Waals surface area contributed by atoms with Crippen LogP contribution in [0.1, 0.15) is 32.0 Å². The maximum atomic E-state index is 12.9. The van der Waals surface area contributed by atoms with E-state index in [2.05, 4.69) is 10.3 Å². The number of carbonyl (C=O) groups excluding carboxylic acids is 1. The van der Waals surface area contributed by atoms with Gasteiger partial charge in [-0.1, -0.05) is 0 Å². The average molecular weight is 423 g/mol. The van der Waals surface area contributed by atoms with E-state index in [1.54, 1.807) is 26.8 Å². The Morgan fingerprint density at radius 1 is 1.13 bits per heavy atom. The summed E-state index contributed by atoms with van der Waals surface area (Å²) in [5.41, 5.74) is 0.608. The van der Waals surface area contributed by atoms with Crippen LogP contribution in [0.15, 0.2) is 36.4 Å². The van der Waals surface area contributed by atoms with Crippen LogP contribution in [0.25, 0.3) is 0 Å². The molecule has 1 aromatic carbocycles. The molecule has 30 heavy (non-hydrogen) atoms. The molecule has 6 nitrogen and oxygen atoms in total. The minimum absolute atomic E-state index is 0.353. The first-order valence-corrected chi connectivity index (χ1v) is 9.44. The van der Waals surface area contributed by atoms with Crippen molar-refractivity contribution >= 4 is 17.5 Å². The number of anilines is 2. The van der Waals surface area contributed by atoms with E-state index in [-0.39, 0.29) is 6.04 Å². The molecule has 0 spiro atoms. The SMILES string of the molecule is COc1ccc2c(n1)CC(NC(=O)OC(C)(C)C)CN2c1ccc(C(F)(F)F)cc1. The lowest BCUT2D eigenvalue weighted by Gasteiger charge is -2.36. The topological polar surface area (TPSA) is 63.7 Å². The van der Waals surface area contributed by atoms with E-state index in [9.17, 15) is 18.0 Å². The van der Waals surface area contributed by atoms with E-state index in [1.807, 2.05) is 11.0 Å². The highest BCUT2D eigenvalue weighted by Gasteiger charge is 2.32. The van der Waals surface area contributed by atoms with Crippen molar-refractivity contribution in [1.82, 2.24) is 10.3 Å². The fourth-order valence-electron chi connectivity index (χ4n) is 3.25. The van der Waals surface area contributed by atoms with Gasteiger partial charge >= 0.3 is 12.3 Å². The van der Waals surface area contributed by atoms with Crippen LogP contribution >= 0.6 is 0 Å². The molecule has 2 aromatic rings. The molecule has 3 rings (SSSR count). The van der Waals surface area contributed by atoms with Crippen molar-refractivity contribution in [2.75, 3.05) is 18.6 Å². The lowest BCUT2D eigenvalue weighted by atomic mass is 10.0. The molecule has 0 bridgehead atoms. The zero-order valence-electron chi connectivity index (χ0n) is 17.2. The van der Waals surface area contributed by atoms with Gasteiger partial charge in [-0.25, -0.2) is 9.78 Å². The predicted octanol–water partition coefficient (Wildman–Crippen LogP) is 4.70. The van der Waals surface area contributed by atoms with Crippen molar-refractivity contribution in [2.24, 2.45) is 0 Å². The van der Waals surface area contributed by atoms with E-state index < -0.39 is 23.4 Å². The number of ether oxygens (including phenoxy) is 2. The highest BCUT2D eigenvalue weighted by Crippen LogP contribution is 2.36. The minimum Gasteiger partial charge on any atom is -0.481 e. The minimum atomic E-state index is -4.41. The van der Waals surface area contributed by atoms with Crippen molar-refractivity contribution in [1.29, 1.82) is 0 Å². The van der Waals surface area contributed by atoms with Gasteiger partial charge in [-0.05, 0) is 51.1 Å². The third-order valence-corrected chi connectivity index (χ3v) is 4.49. The first kappa shape index (κ1) is 21.7. The fraction of sp³-hybridized carbons (Fsp3) is 0.429. The zero-order valence-corrected chi connectivity index (χ0v) is 17.2. The number of benzene rings is 1. The van der Waals surface area contributed by atoms with Crippen molar-refractivity contribution in [3.63, 3.8) is 0 Å². The molecule has 0 fully saturated rings. The number of hydrogen-bond donors (Lipinski definition) is 1. The van der Waals surface area contributed by atoms with E-state index in [4.69, 9.17) is 9.47 Å². The number of hydrogen-bond acceptors (Lipinski definition) is 5. The average Bonchev–Trinajstić information content (AvgIpc) is 2.64. The van der Waals surface area contributed by atoms with Crippen LogP contribution in [-0.4, -0.2) is 36.4 Å². The molecule has 0 saturated heterocycles. The molecule has 0 aliphatic carbocycles. The fourth-order valence-corrected chi connectivity index (χ4v) is 3.25. The third kappa shape index (κ3) is 5.14. The zero-order chi connectivity index (χ0) is 22.1. The number of halogens is 3. The summed E-state index contributed by atoms with van der Waals surface area (Å²) in [6.07, 6.45) is -4.54. The van der Waals surface area contributed by atoms with Crippen LogP contribution in [0, 0.1) is 0 Å². The Kier molecular flexibility index (Phi) is 5.83. The number of amides is 1.